The van der Waals surface area contributed by atoms with Gasteiger partial charge in [-0.3, -0.25) is 4.90 Å². The zero-order valence-corrected chi connectivity index (χ0v) is 14.3. The van der Waals surface area contributed by atoms with Gasteiger partial charge in [0.2, 0.25) is 5.13 Å². The van der Waals surface area contributed by atoms with Gasteiger partial charge in [-0.25, -0.2) is 4.39 Å². The number of aromatic nitrogens is 2. The van der Waals surface area contributed by atoms with E-state index in [1.165, 1.54) is 23.9 Å². The third-order valence-electron chi connectivity index (χ3n) is 4.44. The molecule has 2 heterocycles. The molecule has 1 aromatic carbocycles. The molecule has 4 nitrogen and oxygen atoms in total. The molecule has 0 spiro atoms. The number of halogens is 2. The number of anilines is 1. The van der Waals surface area contributed by atoms with E-state index in [0.29, 0.717) is 23.0 Å². The maximum atomic E-state index is 13.9. The highest BCUT2D eigenvalue weighted by Crippen LogP contribution is 2.42. The number of rotatable bonds is 4. The lowest BCUT2D eigenvalue weighted by Crippen LogP contribution is -2.46. The van der Waals surface area contributed by atoms with Crippen molar-refractivity contribution in [2.24, 2.45) is 0 Å². The molecule has 1 saturated carbocycles. The van der Waals surface area contributed by atoms with E-state index >= 15 is 0 Å². The second-order valence-corrected chi connectivity index (χ2v) is 7.56. The lowest BCUT2D eigenvalue weighted by atomic mass is 10.2. The Bertz CT molecular complexity index is 675. The van der Waals surface area contributed by atoms with E-state index in [2.05, 4.69) is 20.0 Å². The summed E-state index contributed by atoms with van der Waals surface area (Å²) in [5.41, 5.74) is 0.592. The normalized spacial score (nSPS) is 19.3. The van der Waals surface area contributed by atoms with Crippen LogP contribution in [0.4, 0.5) is 9.52 Å². The van der Waals surface area contributed by atoms with Crippen LogP contribution in [0.5, 0.6) is 0 Å². The van der Waals surface area contributed by atoms with E-state index in [-0.39, 0.29) is 5.82 Å². The Morgan fingerprint density at radius 2 is 1.96 bits per heavy atom. The van der Waals surface area contributed by atoms with Crippen LogP contribution in [-0.4, -0.2) is 41.3 Å². The summed E-state index contributed by atoms with van der Waals surface area (Å²) in [6.07, 6.45) is 2.51. The zero-order chi connectivity index (χ0) is 15.8. The lowest BCUT2D eigenvalue weighted by molar-refractivity contribution is 0.246. The Morgan fingerprint density at radius 3 is 2.65 bits per heavy atom. The Labute approximate surface area is 143 Å². The van der Waals surface area contributed by atoms with Gasteiger partial charge < -0.3 is 4.90 Å². The van der Waals surface area contributed by atoms with Crippen LogP contribution in [0.1, 0.15) is 29.3 Å². The summed E-state index contributed by atoms with van der Waals surface area (Å²) in [5, 5.41) is 11.4. The van der Waals surface area contributed by atoms with Crippen LogP contribution in [0.25, 0.3) is 0 Å². The summed E-state index contributed by atoms with van der Waals surface area (Å²) in [5.74, 6) is 0.434. The van der Waals surface area contributed by atoms with Crippen LogP contribution < -0.4 is 4.90 Å². The fraction of sp³-hybridized carbons (Fsp3) is 0.500. The number of piperazine rings is 1. The van der Waals surface area contributed by atoms with Gasteiger partial charge in [0.25, 0.3) is 0 Å². The van der Waals surface area contributed by atoms with E-state index < -0.39 is 0 Å². The van der Waals surface area contributed by atoms with E-state index in [9.17, 15) is 4.39 Å². The molecule has 0 amide bonds. The van der Waals surface area contributed by atoms with Crippen molar-refractivity contribution in [2.75, 3.05) is 31.1 Å². The van der Waals surface area contributed by atoms with Gasteiger partial charge in [-0.2, -0.15) is 0 Å². The summed E-state index contributed by atoms with van der Waals surface area (Å²) in [6, 6.07) is 4.86. The van der Waals surface area contributed by atoms with Gasteiger partial charge in [-0.1, -0.05) is 29.0 Å². The topological polar surface area (TPSA) is 32.3 Å². The third kappa shape index (κ3) is 3.34. The predicted octanol–water partition coefficient (Wildman–Crippen LogP) is 3.53. The Morgan fingerprint density at radius 1 is 1.17 bits per heavy atom. The van der Waals surface area contributed by atoms with Gasteiger partial charge in [-0.15, -0.1) is 10.2 Å². The minimum atomic E-state index is -0.224. The van der Waals surface area contributed by atoms with Crippen LogP contribution in [0.15, 0.2) is 18.2 Å². The van der Waals surface area contributed by atoms with Crippen molar-refractivity contribution in [3.8, 4) is 0 Å². The molecule has 0 bridgehead atoms. The Balaban J connectivity index is 1.37. The Kier molecular flexibility index (Phi) is 4.22. The van der Waals surface area contributed by atoms with Crippen LogP contribution in [0.2, 0.25) is 5.02 Å². The summed E-state index contributed by atoms with van der Waals surface area (Å²) < 4.78 is 13.9. The average Bonchev–Trinajstić information content (AvgIpc) is 3.29. The molecule has 1 aliphatic carbocycles. The molecule has 7 heteroatoms. The first-order chi connectivity index (χ1) is 11.2. The molecule has 1 saturated heterocycles. The standard InChI is InChI=1S/C16H18ClFN4S/c17-13-2-1-3-14(18)12(13)10-21-6-8-22(9-7-21)16-20-19-15(23-16)11-4-5-11/h1-3,11H,4-10H2. The Hall–Kier alpha value is -1.24. The zero-order valence-electron chi connectivity index (χ0n) is 12.7. The number of hydrogen-bond donors (Lipinski definition) is 0. The molecule has 2 aliphatic rings. The van der Waals surface area contributed by atoms with Gasteiger partial charge in [0.15, 0.2) is 0 Å². The average molecular weight is 353 g/mol. The first kappa shape index (κ1) is 15.3. The molecule has 0 atom stereocenters. The quantitative estimate of drug-likeness (QED) is 0.842. The maximum absolute atomic E-state index is 13.9. The summed E-state index contributed by atoms with van der Waals surface area (Å²) in [7, 11) is 0. The van der Waals surface area contributed by atoms with E-state index in [4.69, 9.17) is 11.6 Å². The number of nitrogens with zero attached hydrogens (tertiary/aromatic N) is 4. The minimum absolute atomic E-state index is 0.224. The summed E-state index contributed by atoms with van der Waals surface area (Å²) >= 11 is 7.84. The van der Waals surface area contributed by atoms with Gasteiger partial charge >= 0.3 is 0 Å². The molecule has 122 valence electrons. The summed E-state index contributed by atoms with van der Waals surface area (Å²) in [6.45, 7) is 4.10. The molecular weight excluding hydrogens is 335 g/mol. The second-order valence-electron chi connectivity index (χ2n) is 6.16. The SMILES string of the molecule is Fc1cccc(Cl)c1CN1CCN(c2nnc(C3CC3)s2)CC1. The second kappa shape index (κ2) is 6.34. The van der Waals surface area contributed by atoms with Gasteiger partial charge in [0.05, 0.1) is 0 Å². The molecule has 1 aliphatic heterocycles. The van der Waals surface area contributed by atoms with Gasteiger partial charge in [0.1, 0.15) is 10.8 Å². The molecule has 23 heavy (non-hydrogen) atoms. The van der Waals surface area contributed by atoms with Crippen LogP contribution >= 0.6 is 22.9 Å². The summed E-state index contributed by atoms with van der Waals surface area (Å²) in [4.78, 5) is 4.52. The highest BCUT2D eigenvalue weighted by atomic mass is 35.5. The first-order valence-electron chi connectivity index (χ1n) is 7.94. The van der Waals surface area contributed by atoms with E-state index in [1.54, 1.807) is 23.5 Å². The molecule has 2 aromatic rings. The van der Waals surface area contributed by atoms with E-state index in [0.717, 1.165) is 31.3 Å². The fourth-order valence-corrected chi connectivity index (χ4v) is 4.14. The monoisotopic (exact) mass is 352 g/mol. The highest BCUT2D eigenvalue weighted by molar-refractivity contribution is 7.15. The largest absolute Gasteiger partial charge is 0.344 e. The van der Waals surface area contributed by atoms with E-state index in [1.807, 2.05) is 0 Å². The van der Waals surface area contributed by atoms with Crippen LogP contribution in [-0.2, 0) is 6.54 Å². The first-order valence-corrected chi connectivity index (χ1v) is 9.14. The smallest absolute Gasteiger partial charge is 0.208 e. The molecule has 0 N–H and O–H groups in total. The van der Waals surface area contributed by atoms with Crippen molar-refractivity contribution in [3.63, 3.8) is 0 Å². The van der Waals surface area contributed by atoms with Gasteiger partial charge in [-0.05, 0) is 25.0 Å². The van der Waals surface area contributed by atoms with Crippen molar-refractivity contribution in [3.05, 3.63) is 39.6 Å². The molecule has 0 unspecified atom stereocenters. The minimum Gasteiger partial charge on any atom is -0.344 e. The van der Waals surface area contributed by atoms with Crippen LogP contribution in [0, 0.1) is 5.82 Å². The van der Waals surface area contributed by atoms with Crippen molar-refractivity contribution >= 4 is 28.1 Å². The molecule has 0 radical (unpaired) electrons. The van der Waals surface area contributed by atoms with Crippen molar-refractivity contribution in [1.29, 1.82) is 0 Å². The molecule has 4 rings (SSSR count). The maximum Gasteiger partial charge on any atom is 0.208 e. The highest BCUT2D eigenvalue weighted by Gasteiger charge is 2.29. The third-order valence-corrected chi connectivity index (χ3v) is 5.94. The van der Waals surface area contributed by atoms with Crippen LogP contribution in [0.3, 0.4) is 0 Å². The molecular formula is C16H18ClFN4S. The van der Waals surface area contributed by atoms with Crippen molar-refractivity contribution in [2.45, 2.75) is 25.3 Å². The van der Waals surface area contributed by atoms with Crippen molar-refractivity contribution < 1.29 is 4.39 Å². The number of hydrogen-bond acceptors (Lipinski definition) is 5. The fourth-order valence-electron chi connectivity index (χ4n) is 2.85. The molecule has 2 fully saturated rings. The molecule has 1 aromatic heterocycles. The number of benzene rings is 1. The lowest BCUT2D eigenvalue weighted by Gasteiger charge is -2.34. The van der Waals surface area contributed by atoms with Gasteiger partial charge in [0, 0.05) is 49.2 Å². The predicted molar refractivity (Wildman–Crippen MR) is 90.8 cm³/mol. The van der Waals surface area contributed by atoms with Crippen molar-refractivity contribution in [1.82, 2.24) is 15.1 Å².